The number of sulfonamides is 1. The molecule has 0 saturated carbocycles. The average Bonchev–Trinajstić information content (AvgIpc) is 2.27. The van der Waals surface area contributed by atoms with E-state index in [1.165, 1.54) is 6.07 Å². The Kier molecular flexibility index (Phi) is 4.20. The fourth-order valence-electron chi connectivity index (χ4n) is 2.16. The van der Waals surface area contributed by atoms with E-state index in [2.05, 4.69) is 20.7 Å². The maximum absolute atomic E-state index is 12.4. The number of hydrogen-bond acceptors (Lipinski definition) is 4. The molecule has 106 valence electrons. The van der Waals surface area contributed by atoms with Gasteiger partial charge in [-0.05, 0) is 38.0 Å². The normalized spacial score (nSPS) is 24.3. The number of nitrogens with one attached hydrogen (secondary N) is 1. The molecule has 1 saturated heterocycles. The highest BCUT2D eigenvalue weighted by Gasteiger charge is 2.33. The molecular formula is C12H17BrN2O3S. The first-order valence-corrected chi connectivity index (χ1v) is 8.27. The molecule has 1 aromatic rings. The summed E-state index contributed by atoms with van der Waals surface area (Å²) in [6.07, 6.45) is 1.59. The van der Waals surface area contributed by atoms with Gasteiger partial charge in [-0.3, -0.25) is 0 Å². The molecule has 7 heteroatoms. The van der Waals surface area contributed by atoms with Crippen LogP contribution in [0.25, 0.3) is 0 Å². The number of nitrogen functional groups attached to an aromatic ring is 1. The Morgan fingerprint density at radius 3 is 2.79 bits per heavy atom. The first-order chi connectivity index (χ1) is 8.82. The van der Waals surface area contributed by atoms with Gasteiger partial charge in [0.05, 0.1) is 17.8 Å². The summed E-state index contributed by atoms with van der Waals surface area (Å²) in [7, 11) is -3.64. The molecule has 1 atom stereocenters. The third kappa shape index (κ3) is 3.47. The number of anilines is 1. The van der Waals surface area contributed by atoms with Gasteiger partial charge in [-0.1, -0.05) is 15.9 Å². The minimum Gasteiger partial charge on any atom is -0.398 e. The summed E-state index contributed by atoms with van der Waals surface area (Å²) in [4.78, 5) is 0.0995. The van der Waals surface area contributed by atoms with Gasteiger partial charge in [0, 0.05) is 11.1 Å². The minimum absolute atomic E-state index is 0.0995. The Bertz CT molecular complexity index is 568. The monoisotopic (exact) mass is 348 g/mol. The summed E-state index contributed by atoms with van der Waals surface area (Å²) in [5.74, 6) is 0. The zero-order chi connectivity index (χ0) is 14.1. The van der Waals surface area contributed by atoms with Crippen molar-refractivity contribution in [1.29, 1.82) is 0 Å². The topological polar surface area (TPSA) is 81.4 Å². The highest BCUT2D eigenvalue weighted by atomic mass is 79.9. The lowest BCUT2D eigenvalue weighted by Crippen LogP contribution is -2.51. The van der Waals surface area contributed by atoms with Crippen LogP contribution < -0.4 is 10.5 Å². The van der Waals surface area contributed by atoms with Crippen molar-refractivity contribution in [2.45, 2.75) is 30.2 Å². The van der Waals surface area contributed by atoms with Crippen LogP contribution in [0.15, 0.2) is 27.6 Å². The number of rotatable bonds is 3. The highest BCUT2D eigenvalue weighted by Crippen LogP contribution is 2.26. The van der Waals surface area contributed by atoms with Crippen LogP contribution in [0.1, 0.15) is 19.8 Å². The van der Waals surface area contributed by atoms with Crippen LogP contribution in [0.3, 0.4) is 0 Å². The predicted molar refractivity (Wildman–Crippen MR) is 77.3 cm³/mol. The average molecular weight is 349 g/mol. The van der Waals surface area contributed by atoms with Crippen molar-refractivity contribution in [2.24, 2.45) is 0 Å². The summed E-state index contributed by atoms with van der Waals surface area (Å²) in [5, 5.41) is 0. The first-order valence-electron chi connectivity index (χ1n) is 5.99. The smallest absolute Gasteiger partial charge is 0.243 e. The molecule has 5 nitrogen and oxygen atoms in total. The minimum atomic E-state index is -3.64. The molecule has 0 aromatic heterocycles. The van der Waals surface area contributed by atoms with Gasteiger partial charge in [0.15, 0.2) is 0 Å². The van der Waals surface area contributed by atoms with E-state index in [0.29, 0.717) is 13.2 Å². The zero-order valence-electron chi connectivity index (χ0n) is 10.6. The summed E-state index contributed by atoms with van der Waals surface area (Å²) in [6.45, 7) is 2.90. The third-order valence-electron chi connectivity index (χ3n) is 3.08. The van der Waals surface area contributed by atoms with Crippen LogP contribution in [-0.2, 0) is 14.8 Å². The molecule has 1 aliphatic rings. The SMILES string of the molecule is CC1(NS(=O)(=O)c2ccc(Br)cc2N)CCCOC1. The lowest BCUT2D eigenvalue weighted by atomic mass is 9.97. The molecule has 1 aliphatic heterocycles. The molecule has 1 unspecified atom stereocenters. The Balaban J connectivity index is 2.27. The molecule has 0 amide bonds. The summed E-state index contributed by atoms with van der Waals surface area (Å²) in [6, 6.07) is 4.73. The van der Waals surface area contributed by atoms with E-state index in [0.717, 1.165) is 17.3 Å². The largest absolute Gasteiger partial charge is 0.398 e. The summed E-state index contributed by atoms with van der Waals surface area (Å²) in [5.41, 5.74) is 5.43. The molecule has 0 aliphatic carbocycles. The van der Waals surface area contributed by atoms with Crippen molar-refractivity contribution in [3.05, 3.63) is 22.7 Å². The Labute approximate surface area is 121 Å². The van der Waals surface area contributed by atoms with Gasteiger partial charge in [0.2, 0.25) is 10.0 Å². The fourth-order valence-corrected chi connectivity index (χ4v) is 4.07. The van der Waals surface area contributed by atoms with E-state index in [9.17, 15) is 8.42 Å². The van der Waals surface area contributed by atoms with Crippen molar-refractivity contribution in [3.63, 3.8) is 0 Å². The molecule has 0 spiro atoms. The maximum atomic E-state index is 12.4. The van der Waals surface area contributed by atoms with Crippen molar-refractivity contribution in [2.75, 3.05) is 18.9 Å². The summed E-state index contributed by atoms with van der Waals surface area (Å²) < 4.78 is 33.5. The van der Waals surface area contributed by atoms with Gasteiger partial charge in [-0.25, -0.2) is 13.1 Å². The molecule has 3 N–H and O–H groups in total. The van der Waals surface area contributed by atoms with Crippen LogP contribution in [0.5, 0.6) is 0 Å². The van der Waals surface area contributed by atoms with E-state index in [4.69, 9.17) is 10.5 Å². The molecule has 2 rings (SSSR count). The van der Waals surface area contributed by atoms with E-state index < -0.39 is 15.6 Å². The van der Waals surface area contributed by atoms with E-state index in [1.807, 2.05) is 6.92 Å². The molecular weight excluding hydrogens is 332 g/mol. The lowest BCUT2D eigenvalue weighted by Gasteiger charge is -2.33. The van der Waals surface area contributed by atoms with Crippen molar-refractivity contribution in [3.8, 4) is 0 Å². The van der Waals surface area contributed by atoms with E-state index in [-0.39, 0.29) is 10.6 Å². The molecule has 0 radical (unpaired) electrons. The number of ether oxygens (including phenoxy) is 1. The van der Waals surface area contributed by atoms with Gasteiger partial charge in [0.1, 0.15) is 4.90 Å². The lowest BCUT2D eigenvalue weighted by molar-refractivity contribution is 0.0386. The Morgan fingerprint density at radius 2 is 2.21 bits per heavy atom. The van der Waals surface area contributed by atoms with Gasteiger partial charge in [-0.2, -0.15) is 0 Å². The highest BCUT2D eigenvalue weighted by molar-refractivity contribution is 9.10. The fraction of sp³-hybridized carbons (Fsp3) is 0.500. The van der Waals surface area contributed by atoms with Gasteiger partial charge in [0.25, 0.3) is 0 Å². The number of nitrogens with two attached hydrogens (primary N) is 1. The van der Waals surface area contributed by atoms with E-state index in [1.54, 1.807) is 12.1 Å². The molecule has 0 bridgehead atoms. The number of hydrogen-bond donors (Lipinski definition) is 2. The molecule has 19 heavy (non-hydrogen) atoms. The van der Waals surface area contributed by atoms with Crippen LogP contribution in [0.4, 0.5) is 5.69 Å². The standard InChI is InChI=1S/C12H17BrN2O3S/c1-12(5-2-6-18-8-12)15-19(16,17)11-4-3-9(13)7-10(11)14/h3-4,7,15H,2,5-6,8,14H2,1H3. The van der Waals surface area contributed by atoms with Gasteiger partial charge < -0.3 is 10.5 Å². The van der Waals surface area contributed by atoms with Crippen LogP contribution in [-0.4, -0.2) is 27.2 Å². The Hall–Kier alpha value is -0.630. The van der Waals surface area contributed by atoms with Gasteiger partial charge >= 0.3 is 0 Å². The second kappa shape index (κ2) is 5.40. The predicted octanol–water partition coefficient (Wildman–Crippen LogP) is 1.88. The quantitative estimate of drug-likeness (QED) is 0.817. The van der Waals surface area contributed by atoms with E-state index >= 15 is 0 Å². The summed E-state index contributed by atoms with van der Waals surface area (Å²) >= 11 is 3.26. The zero-order valence-corrected chi connectivity index (χ0v) is 13.1. The second-order valence-electron chi connectivity index (χ2n) is 5.00. The molecule has 1 fully saturated rings. The Morgan fingerprint density at radius 1 is 1.47 bits per heavy atom. The number of halogens is 1. The van der Waals surface area contributed by atoms with Crippen molar-refractivity contribution >= 4 is 31.6 Å². The third-order valence-corrected chi connectivity index (χ3v) is 5.29. The van der Waals surface area contributed by atoms with Crippen LogP contribution in [0, 0.1) is 0 Å². The van der Waals surface area contributed by atoms with Crippen LogP contribution in [0.2, 0.25) is 0 Å². The van der Waals surface area contributed by atoms with Crippen molar-refractivity contribution in [1.82, 2.24) is 4.72 Å². The molecule has 1 heterocycles. The van der Waals surface area contributed by atoms with Crippen molar-refractivity contribution < 1.29 is 13.2 Å². The van der Waals surface area contributed by atoms with Gasteiger partial charge in [-0.15, -0.1) is 0 Å². The first kappa shape index (κ1) is 14.8. The molecule has 1 aromatic carbocycles. The second-order valence-corrected chi connectivity index (χ2v) is 7.57. The number of benzene rings is 1. The maximum Gasteiger partial charge on any atom is 0.243 e. The van der Waals surface area contributed by atoms with Crippen LogP contribution >= 0.6 is 15.9 Å².